The van der Waals surface area contributed by atoms with Crippen molar-refractivity contribution in [3.63, 3.8) is 0 Å². The Morgan fingerprint density at radius 2 is 1.91 bits per heavy atom. The molecule has 0 radical (unpaired) electrons. The lowest BCUT2D eigenvalue weighted by atomic mass is 10.1. The van der Waals surface area contributed by atoms with Crippen LogP contribution in [-0.4, -0.2) is 30.4 Å². The molecule has 1 amide bonds. The molecule has 10 nitrogen and oxygen atoms in total. The van der Waals surface area contributed by atoms with E-state index in [1.165, 1.54) is 28.4 Å². The van der Waals surface area contributed by atoms with Gasteiger partial charge in [0.25, 0.3) is 11.6 Å². The fourth-order valence-corrected chi connectivity index (χ4v) is 3.80. The van der Waals surface area contributed by atoms with Crippen molar-refractivity contribution < 1.29 is 14.5 Å². The first-order valence-corrected chi connectivity index (χ1v) is 11.1. The van der Waals surface area contributed by atoms with Gasteiger partial charge in [-0.05, 0) is 44.0 Å². The van der Waals surface area contributed by atoms with E-state index in [4.69, 9.17) is 16.3 Å². The number of carbonyl (C=O) groups is 1. The maximum absolute atomic E-state index is 12.8. The van der Waals surface area contributed by atoms with E-state index in [9.17, 15) is 14.9 Å². The summed E-state index contributed by atoms with van der Waals surface area (Å²) in [5.74, 6) is -0.107. The van der Waals surface area contributed by atoms with Gasteiger partial charge in [-0.15, -0.1) is 0 Å². The summed E-state index contributed by atoms with van der Waals surface area (Å²) in [6.45, 7) is 6.38. The van der Waals surface area contributed by atoms with Gasteiger partial charge in [-0.25, -0.2) is 4.68 Å². The van der Waals surface area contributed by atoms with Gasteiger partial charge >= 0.3 is 0 Å². The standard InChI is InChI=1S/C24H23ClN6O4/c1-15-6-4-5-7-18(15)13-30-17(3)23(16(2)27-30)26-24(32)21-10-11-29(28-21)14-35-22-9-8-19(31(33)34)12-20(22)25/h4-12H,13-14H2,1-3H3,(H,26,32). The molecule has 180 valence electrons. The summed E-state index contributed by atoms with van der Waals surface area (Å²) < 4.78 is 8.87. The second-order valence-electron chi connectivity index (χ2n) is 7.97. The van der Waals surface area contributed by atoms with E-state index in [-0.39, 0.29) is 34.8 Å². The fraction of sp³-hybridized carbons (Fsp3) is 0.208. The van der Waals surface area contributed by atoms with Crippen molar-refractivity contribution in [2.45, 2.75) is 34.0 Å². The van der Waals surface area contributed by atoms with Gasteiger partial charge in [-0.1, -0.05) is 35.9 Å². The third-order valence-corrected chi connectivity index (χ3v) is 5.85. The number of hydrogen-bond donors (Lipinski definition) is 1. The summed E-state index contributed by atoms with van der Waals surface area (Å²) in [6.07, 6.45) is 1.59. The molecule has 0 aliphatic rings. The van der Waals surface area contributed by atoms with E-state index in [0.29, 0.717) is 17.9 Å². The highest BCUT2D eigenvalue weighted by Crippen LogP contribution is 2.29. The highest BCUT2D eigenvalue weighted by atomic mass is 35.5. The number of rotatable bonds is 8. The first kappa shape index (κ1) is 24.0. The van der Waals surface area contributed by atoms with E-state index in [1.807, 2.05) is 30.7 Å². The largest absolute Gasteiger partial charge is 0.470 e. The number of ether oxygens (including phenoxy) is 1. The van der Waals surface area contributed by atoms with Crippen LogP contribution in [0.5, 0.6) is 5.75 Å². The normalized spacial score (nSPS) is 10.9. The van der Waals surface area contributed by atoms with Gasteiger partial charge in [-0.2, -0.15) is 10.2 Å². The number of nitro benzene ring substituents is 1. The summed E-state index contributed by atoms with van der Waals surface area (Å²) in [5, 5.41) is 22.7. The molecule has 4 rings (SSSR count). The van der Waals surface area contributed by atoms with Crippen molar-refractivity contribution in [1.82, 2.24) is 19.6 Å². The van der Waals surface area contributed by atoms with Crippen LogP contribution in [-0.2, 0) is 13.3 Å². The third kappa shape index (κ3) is 5.33. The van der Waals surface area contributed by atoms with E-state index in [2.05, 4.69) is 34.6 Å². The summed E-state index contributed by atoms with van der Waals surface area (Å²) in [7, 11) is 0. The van der Waals surface area contributed by atoms with Crippen molar-refractivity contribution in [2.75, 3.05) is 5.32 Å². The van der Waals surface area contributed by atoms with Crippen molar-refractivity contribution in [2.24, 2.45) is 0 Å². The molecule has 0 aliphatic carbocycles. The average molecular weight is 495 g/mol. The molecule has 1 N–H and O–H groups in total. The SMILES string of the molecule is Cc1ccccc1Cn1nc(C)c(NC(=O)c2ccn(COc3ccc([N+](=O)[O-])cc3Cl)n2)c1C. The number of carbonyl (C=O) groups excluding carboxylic acids is 1. The Hall–Kier alpha value is -4.18. The van der Waals surface area contributed by atoms with Crippen LogP contribution >= 0.6 is 11.6 Å². The number of halogens is 1. The molecule has 35 heavy (non-hydrogen) atoms. The Kier molecular flexibility index (Phi) is 6.83. The lowest BCUT2D eigenvalue weighted by Crippen LogP contribution is -2.15. The second-order valence-corrected chi connectivity index (χ2v) is 8.38. The van der Waals surface area contributed by atoms with E-state index >= 15 is 0 Å². The molecule has 0 aliphatic heterocycles. The van der Waals surface area contributed by atoms with Crippen LogP contribution in [0.4, 0.5) is 11.4 Å². The first-order valence-electron chi connectivity index (χ1n) is 10.7. The van der Waals surface area contributed by atoms with Crippen molar-refractivity contribution in [3.05, 3.63) is 98.1 Å². The van der Waals surface area contributed by atoms with Crippen molar-refractivity contribution in [1.29, 1.82) is 0 Å². The van der Waals surface area contributed by atoms with E-state index < -0.39 is 4.92 Å². The van der Waals surface area contributed by atoms with Gasteiger partial charge in [0, 0.05) is 18.3 Å². The number of nitrogens with one attached hydrogen (secondary N) is 1. The Labute approximate surface area is 206 Å². The highest BCUT2D eigenvalue weighted by molar-refractivity contribution is 6.32. The van der Waals surface area contributed by atoms with Gasteiger partial charge in [0.05, 0.1) is 33.6 Å². The van der Waals surface area contributed by atoms with Crippen LogP contribution in [0.15, 0.2) is 54.7 Å². The number of benzene rings is 2. The lowest BCUT2D eigenvalue weighted by Gasteiger charge is -2.09. The summed E-state index contributed by atoms with van der Waals surface area (Å²) >= 11 is 6.05. The number of anilines is 1. The first-order chi connectivity index (χ1) is 16.7. The minimum Gasteiger partial charge on any atom is -0.470 e. The topological polar surface area (TPSA) is 117 Å². The van der Waals surface area contributed by atoms with Gasteiger partial charge in [-0.3, -0.25) is 19.6 Å². The molecule has 11 heteroatoms. The van der Waals surface area contributed by atoms with E-state index in [0.717, 1.165) is 11.3 Å². The molecule has 0 unspecified atom stereocenters. The minimum atomic E-state index is -0.538. The zero-order valence-corrected chi connectivity index (χ0v) is 20.1. The monoisotopic (exact) mass is 494 g/mol. The molecule has 0 saturated heterocycles. The molecule has 0 saturated carbocycles. The molecule has 0 fully saturated rings. The van der Waals surface area contributed by atoms with Crippen molar-refractivity contribution in [3.8, 4) is 5.75 Å². The van der Waals surface area contributed by atoms with Gasteiger partial charge in [0.15, 0.2) is 12.4 Å². The number of nitro groups is 1. The Bertz CT molecular complexity index is 1410. The predicted octanol–water partition coefficient (Wildman–Crippen LogP) is 4.90. The Morgan fingerprint density at radius 3 is 2.63 bits per heavy atom. The summed E-state index contributed by atoms with van der Waals surface area (Å²) in [5.41, 5.74) is 4.60. The lowest BCUT2D eigenvalue weighted by molar-refractivity contribution is -0.384. The minimum absolute atomic E-state index is 0.0305. The average Bonchev–Trinajstić information content (AvgIpc) is 3.40. The quantitative estimate of drug-likeness (QED) is 0.275. The molecule has 0 atom stereocenters. The molecular formula is C24H23ClN6O4. The smallest absolute Gasteiger partial charge is 0.276 e. The Morgan fingerprint density at radius 1 is 1.14 bits per heavy atom. The van der Waals surface area contributed by atoms with Gasteiger partial charge < -0.3 is 10.1 Å². The fourth-order valence-electron chi connectivity index (χ4n) is 3.57. The highest BCUT2D eigenvalue weighted by Gasteiger charge is 2.18. The van der Waals surface area contributed by atoms with Crippen LogP contribution < -0.4 is 10.1 Å². The molecule has 2 aromatic heterocycles. The third-order valence-electron chi connectivity index (χ3n) is 5.55. The van der Waals surface area contributed by atoms with Crippen molar-refractivity contribution >= 4 is 28.9 Å². The number of amides is 1. The molecule has 2 aromatic carbocycles. The second kappa shape index (κ2) is 9.98. The number of hydrogen-bond acceptors (Lipinski definition) is 6. The molecule has 2 heterocycles. The van der Waals surface area contributed by atoms with Gasteiger partial charge in [0.2, 0.25) is 0 Å². The zero-order chi connectivity index (χ0) is 25.1. The maximum Gasteiger partial charge on any atom is 0.276 e. The van der Waals surface area contributed by atoms with Gasteiger partial charge in [0.1, 0.15) is 5.75 Å². The maximum atomic E-state index is 12.8. The van der Waals surface area contributed by atoms with E-state index in [1.54, 1.807) is 12.3 Å². The number of aromatic nitrogens is 4. The summed E-state index contributed by atoms with van der Waals surface area (Å²) in [4.78, 5) is 23.1. The Balaban J connectivity index is 1.42. The predicted molar refractivity (Wildman–Crippen MR) is 131 cm³/mol. The number of aryl methyl sites for hydroxylation is 2. The summed E-state index contributed by atoms with van der Waals surface area (Å²) in [6, 6.07) is 13.6. The number of nitrogens with zero attached hydrogens (tertiary/aromatic N) is 5. The number of non-ortho nitro benzene ring substituents is 1. The van der Waals surface area contributed by atoms with Crippen LogP contribution in [0.25, 0.3) is 0 Å². The molecule has 4 aromatic rings. The molecular weight excluding hydrogens is 472 g/mol. The van der Waals surface area contributed by atoms with Crippen LogP contribution in [0.2, 0.25) is 5.02 Å². The van der Waals surface area contributed by atoms with Crippen LogP contribution in [0.1, 0.15) is 33.0 Å². The zero-order valence-electron chi connectivity index (χ0n) is 19.4. The molecule has 0 spiro atoms. The van der Waals surface area contributed by atoms with Crippen LogP contribution in [0.3, 0.4) is 0 Å². The van der Waals surface area contributed by atoms with Crippen LogP contribution in [0, 0.1) is 30.9 Å². The molecule has 0 bridgehead atoms.